The summed E-state index contributed by atoms with van der Waals surface area (Å²) in [4.78, 5) is 25.3. The summed E-state index contributed by atoms with van der Waals surface area (Å²) < 4.78 is 17.6. The molecule has 0 bridgehead atoms. The Kier molecular flexibility index (Phi) is 5.91. The number of Topliss-reactive ketones (excluding diaryl/α,β-unsaturated/α-hetero) is 1. The molecule has 6 heteroatoms. The van der Waals surface area contributed by atoms with Gasteiger partial charge in [-0.25, -0.2) is 4.79 Å². The van der Waals surface area contributed by atoms with Crippen LogP contribution in [0.25, 0.3) is 6.08 Å². The van der Waals surface area contributed by atoms with Gasteiger partial charge in [-0.15, -0.1) is 0 Å². The number of rotatable bonds is 5. The molecule has 0 radical (unpaired) electrons. The first-order valence-corrected chi connectivity index (χ1v) is 10.5. The summed E-state index contributed by atoms with van der Waals surface area (Å²) >= 11 is 3.34. The molecule has 5 nitrogen and oxygen atoms in total. The fraction of sp³-hybridized carbons (Fsp3) is 0.120. The molecule has 0 spiro atoms. The molecule has 156 valence electrons. The highest BCUT2D eigenvalue weighted by atomic mass is 79.9. The van der Waals surface area contributed by atoms with Crippen molar-refractivity contribution < 1.29 is 23.8 Å². The van der Waals surface area contributed by atoms with Crippen LogP contribution in [-0.2, 0) is 0 Å². The predicted molar refractivity (Wildman–Crippen MR) is 121 cm³/mol. The van der Waals surface area contributed by atoms with Gasteiger partial charge < -0.3 is 14.2 Å². The Morgan fingerprint density at radius 1 is 1.03 bits per heavy atom. The highest BCUT2D eigenvalue weighted by Crippen LogP contribution is 2.37. The second-order valence-electron chi connectivity index (χ2n) is 6.95. The first-order chi connectivity index (χ1) is 14.9. The molecule has 3 aromatic rings. The molecule has 0 fully saturated rings. The van der Waals surface area contributed by atoms with Gasteiger partial charge in [0.1, 0.15) is 17.2 Å². The molecule has 0 N–H and O–H groups in total. The monoisotopic (exact) mass is 478 g/mol. The fourth-order valence-electron chi connectivity index (χ4n) is 3.27. The molecule has 1 aliphatic rings. The molecule has 3 aromatic carbocycles. The summed E-state index contributed by atoms with van der Waals surface area (Å²) in [6.45, 7) is 4.30. The molecule has 1 aliphatic heterocycles. The highest BCUT2D eigenvalue weighted by molar-refractivity contribution is 9.10. The standard InChI is InChI=1S/C25H19BrO5/c1-3-29-19-10-4-16(5-11-19)13-22-24(27)23-15(2)12-20(14-21(23)31-22)30-25(28)17-6-8-18(26)9-7-17/h4-14H,3H2,1-2H3/b22-13-. The number of benzene rings is 3. The second-order valence-corrected chi connectivity index (χ2v) is 7.87. The highest BCUT2D eigenvalue weighted by Gasteiger charge is 2.30. The number of allylic oxidation sites excluding steroid dienone is 1. The number of aryl methyl sites for hydroxylation is 1. The van der Waals surface area contributed by atoms with Crippen molar-refractivity contribution in [2.45, 2.75) is 13.8 Å². The summed E-state index contributed by atoms with van der Waals surface area (Å²) in [5.74, 6) is 0.993. The summed E-state index contributed by atoms with van der Waals surface area (Å²) in [6.07, 6.45) is 1.69. The van der Waals surface area contributed by atoms with Gasteiger partial charge in [0, 0.05) is 10.5 Å². The molecular formula is C25H19BrO5. The number of ketones is 1. The number of ether oxygens (including phenoxy) is 3. The molecule has 0 saturated heterocycles. The van der Waals surface area contributed by atoms with Crippen molar-refractivity contribution in [2.75, 3.05) is 6.61 Å². The van der Waals surface area contributed by atoms with Crippen LogP contribution in [-0.4, -0.2) is 18.4 Å². The minimum atomic E-state index is -0.485. The lowest BCUT2D eigenvalue weighted by molar-refractivity contribution is 0.0734. The molecule has 0 amide bonds. The lowest BCUT2D eigenvalue weighted by Crippen LogP contribution is -2.08. The molecule has 0 saturated carbocycles. The third-order valence-corrected chi connectivity index (χ3v) is 5.25. The third-order valence-electron chi connectivity index (χ3n) is 4.72. The van der Waals surface area contributed by atoms with Gasteiger partial charge in [-0.3, -0.25) is 4.79 Å². The van der Waals surface area contributed by atoms with E-state index in [0.717, 1.165) is 15.8 Å². The maximum Gasteiger partial charge on any atom is 0.343 e. The SMILES string of the molecule is CCOc1ccc(/C=C2\Oc3cc(OC(=O)c4ccc(Br)cc4)cc(C)c3C2=O)cc1. The van der Waals surface area contributed by atoms with Crippen LogP contribution in [0.4, 0.5) is 0 Å². The summed E-state index contributed by atoms with van der Waals surface area (Å²) in [6, 6.07) is 17.5. The smallest absolute Gasteiger partial charge is 0.343 e. The van der Waals surface area contributed by atoms with Gasteiger partial charge in [-0.1, -0.05) is 28.1 Å². The first kappa shape index (κ1) is 20.9. The number of halogens is 1. The summed E-state index contributed by atoms with van der Waals surface area (Å²) in [5.41, 5.74) is 2.39. The van der Waals surface area contributed by atoms with Crippen LogP contribution in [0, 0.1) is 6.92 Å². The Bertz CT molecular complexity index is 1180. The molecule has 0 aliphatic carbocycles. The van der Waals surface area contributed by atoms with Gasteiger partial charge in [0.25, 0.3) is 0 Å². The van der Waals surface area contributed by atoms with E-state index in [-0.39, 0.29) is 11.5 Å². The largest absolute Gasteiger partial charge is 0.494 e. The van der Waals surface area contributed by atoms with E-state index in [1.54, 1.807) is 49.4 Å². The zero-order valence-electron chi connectivity index (χ0n) is 17.0. The Morgan fingerprint density at radius 2 is 1.74 bits per heavy atom. The van der Waals surface area contributed by atoms with Crippen molar-refractivity contribution in [3.05, 3.63) is 93.1 Å². The van der Waals surface area contributed by atoms with Crippen LogP contribution in [0.15, 0.2) is 70.9 Å². The van der Waals surface area contributed by atoms with Gasteiger partial charge in [0.05, 0.1) is 17.7 Å². The quantitative estimate of drug-likeness (QED) is 0.256. The number of hydrogen-bond donors (Lipinski definition) is 0. The van der Waals surface area contributed by atoms with Crippen LogP contribution in [0.2, 0.25) is 0 Å². The van der Waals surface area contributed by atoms with E-state index in [1.807, 2.05) is 31.2 Å². The van der Waals surface area contributed by atoms with Gasteiger partial charge in [0.2, 0.25) is 5.78 Å². The zero-order valence-corrected chi connectivity index (χ0v) is 18.6. The molecule has 0 unspecified atom stereocenters. The predicted octanol–water partition coefficient (Wildman–Crippen LogP) is 5.99. The maximum atomic E-state index is 12.8. The van der Waals surface area contributed by atoms with Crippen molar-refractivity contribution in [1.29, 1.82) is 0 Å². The van der Waals surface area contributed by atoms with Gasteiger partial charge in [-0.05, 0) is 73.5 Å². The van der Waals surface area contributed by atoms with Crippen LogP contribution < -0.4 is 14.2 Å². The molecule has 0 atom stereocenters. The number of hydrogen-bond acceptors (Lipinski definition) is 5. The first-order valence-electron chi connectivity index (χ1n) is 9.74. The van der Waals surface area contributed by atoms with E-state index in [9.17, 15) is 9.59 Å². The van der Waals surface area contributed by atoms with Crippen LogP contribution in [0.1, 0.15) is 38.8 Å². The van der Waals surface area contributed by atoms with E-state index < -0.39 is 5.97 Å². The van der Waals surface area contributed by atoms with E-state index in [0.29, 0.717) is 34.8 Å². The minimum absolute atomic E-state index is 0.202. The van der Waals surface area contributed by atoms with Crippen LogP contribution >= 0.6 is 15.9 Å². The molecule has 4 rings (SSSR count). The Hall–Kier alpha value is -3.38. The van der Waals surface area contributed by atoms with E-state index in [4.69, 9.17) is 14.2 Å². The van der Waals surface area contributed by atoms with Crippen molar-refractivity contribution in [1.82, 2.24) is 0 Å². The summed E-state index contributed by atoms with van der Waals surface area (Å²) in [7, 11) is 0. The Labute approximate surface area is 188 Å². The minimum Gasteiger partial charge on any atom is -0.494 e. The normalized spacial score (nSPS) is 13.6. The van der Waals surface area contributed by atoms with Crippen molar-refractivity contribution >= 4 is 33.8 Å². The maximum absolute atomic E-state index is 12.8. The Balaban J connectivity index is 1.55. The number of fused-ring (bicyclic) bond motifs is 1. The van der Waals surface area contributed by atoms with E-state index in [2.05, 4.69) is 15.9 Å². The van der Waals surface area contributed by atoms with E-state index >= 15 is 0 Å². The zero-order chi connectivity index (χ0) is 22.0. The lowest BCUT2D eigenvalue weighted by atomic mass is 10.0. The van der Waals surface area contributed by atoms with Crippen molar-refractivity contribution in [3.8, 4) is 17.2 Å². The molecule has 1 heterocycles. The topological polar surface area (TPSA) is 61.8 Å². The summed E-state index contributed by atoms with van der Waals surface area (Å²) in [5, 5.41) is 0. The number of carbonyl (C=O) groups excluding carboxylic acids is 2. The number of esters is 1. The van der Waals surface area contributed by atoms with Crippen molar-refractivity contribution in [2.24, 2.45) is 0 Å². The average Bonchev–Trinajstić information content (AvgIpc) is 3.05. The number of carbonyl (C=O) groups is 2. The molecular weight excluding hydrogens is 460 g/mol. The molecule has 0 aromatic heterocycles. The van der Waals surface area contributed by atoms with Crippen molar-refractivity contribution in [3.63, 3.8) is 0 Å². The Morgan fingerprint density at radius 3 is 2.42 bits per heavy atom. The van der Waals surface area contributed by atoms with Gasteiger partial charge in [-0.2, -0.15) is 0 Å². The second kappa shape index (κ2) is 8.78. The third kappa shape index (κ3) is 4.54. The van der Waals surface area contributed by atoms with Crippen LogP contribution in [0.5, 0.6) is 17.2 Å². The van der Waals surface area contributed by atoms with Gasteiger partial charge >= 0.3 is 5.97 Å². The van der Waals surface area contributed by atoms with Gasteiger partial charge in [0.15, 0.2) is 5.76 Å². The van der Waals surface area contributed by atoms with E-state index in [1.165, 1.54) is 0 Å². The molecule has 31 heavy (non-hydrogen) atoms. The van der Waals surface area contributed by atoms with Crippen LogP contribution in [0.3, 0.4) is 0 Å². The lowest BCUT2D eigenvalue weighted by Gasteiger charge is -2.08. The average molecular weight is 479 g/mol. The fourth-order valence-corrected chi connectivity index (χ4v) is 3.53.